The molecule has 0 amide bonds. The topological polar surface area (TPSA) is 35.5 Å². The second-order valence-electron chi connectivity index (χ2n) is 4.54. The largest absolute Gasteiger partial charge is 0.396 e. The standard InChI is InChI=1S/C12H26N2O/c1-2-14(8-3-4-9-15)11-12-6-5-7-13-10-12/h12-13,15H,2-11H2,1H3. The summed E-state index contributed by atoms with van der Waals surface area (Å²) in [5.74, 6) is 0.841. The zero-order chi connectivity index (χ0) is 10.9. The third kappa shape index (κ3) is 5.50. The predicted octanol–water partition coefficient (Wildman–Crippen LogP) is 1.08. The Morgan fingerprint density at radius 2 is 2.27 bits per heavy atom. The van der Waals surface area contributed by atoms with E-state index in [1.165, 1.54) is 32.5 Å². The van der Waals surface area contributed by atoms with Crippen LogP contribution in [0.25, 0.3) is 0 Å². The Bertz CT molecular complexity index is 147. The van der Waals surface area contributed by atoms with E-state index < -0.39 is 0 Å². The second-order valence-corrected chi connectivity index (χ2v) is 4.54. The molecule has 1 heterocycles. The molecule has 1 atom stereocenters. The summed E-state index contributed by atoms with van der Waals surface area (Å²) >= 11 is 0. The van der Waals surface area contributed by atoms with Gasteiger partial charge in [-0.25, -0.2) is 0 Å². The first-order chi connectivity index (χ1) is 7.36. The molecule has 0 aromatic heterocycles. The first-order valence-corrected chi connectivity index (χ1v) is 6.40. The zero-order valence-corrected chi connectivity index (χ0v) is 10.0. The quantitative estimate of drug-likeness (QED) is 0.623. The van der Waals surface area contributed by atoms with E-state index in [0.29, 0.717) is 6.61 Å². The number of hydrogen-bond acceptors (Lipinski definition) is 3. The van der Waals surface area contributed by atoms with Gasteiger partial charge in [0.1, 0.15) is 0 Å². The summed E-state index contributed by atoms with van der Waals surface area (Å²) in [6.07, 6.45) is 4.78. The van der Waals surface area contributed by atoms with Crippen molar-refractivity contribution in [1.29, 1.82) is 0 Å². The van der Waals surface area contributed by atoms with Crippen LogP contribution in [0.1, 0.15) is 32.6 Å². The van der Waals surface area contributed by atoms with Gasteiger partial charge in [0.2, 0.25) is 0 Å². The summed E-state index contributed by atoms with van der Waals surface area (Å²) in [4.78, 5) is 2.52. The molecule has 0 aliphatic carbocycles. The molecule has 3 heteroatoms. The summed E-state index contributed by atoms with van der Waals surface area (Å²) < 4.78 is 0. The van der Waals surface area contributed by atoms with E-state index in [9.17, 15) is 0 Å². The zero-order valence-electron chi connectivity index (χ0n) is 10.0. The number of piperidine rings is 1. The lowest BCUT2D eigenvalue weighted by Gasteiger charge is -2.29. The highest BCUT2D eigenvalue weighted by molar-refractivity contribution is 4.72. The Hall–Kier alpha value is -0.120. The maximum Gasteiger partial charge on any atom is 0.0431 e. The van der Waals surface area contributed by atoms with Crippen molar-refractivity contribution in [3.05, 3.63) is 0 Å². The smallest absolute Gasteiger partial charge is 0.0431 e. The summed E-state index contributed by atoms with van der Waals surface area (Å²) in [6, 6.07) is 0. The number of hydrogen-bond donors (Lipinski definition) is 2. The van der Waals surface area contributed by atoms with E-state index in [1.807, 2.05) is 0 Å². The number of aliphatic hydroxyl groups excluding tert-OH is 1. The van der Waals surface area contributed by atoms with Gasteiger partial charge in [-0.2, -0.15) is 0 Å². The van der Waals surface area contributed by atoms with Gasteiger partial charge < -0.3 is 15.3 Å². The third-order valence-corrected chi connectivity index (χ3v) is 3.25. The van der Waals surface area contributed by atoms with Gasteiger partial charge in [-0.1, -0.05) is 6.92 Å². The highest BCUT2D eigenvalue weighted by atomic mass is 16.2. The SMILES string of the molecule is CCN(CCCCO)CC1CCCNC1. The summed E-state index contributed by atoms with van der Waals surface area (Å²) in [7, 11) is 0. The van der Waals surface area contributed by atoms with E-state index in [4.69, 9.17) is 5.11 Å². The number of unbranched alkanes of at least 4 members (excludes halogenated alkanes) is 1. The Labute approximate surface area is 93.9 Å². The minimum absolute atomic E-state index is 0.336. The van der Waals surface area contributed by atoms with Crippen LogP contribution in [0.3, 0.4) is 0 Å². The molecule has 15 heavy (non-hydrogen) atoms. The van der Waals surface area contributed by atoms with Crippen LogP contribution in [-0.2, 0) is 0 Å². The van der Waals surface area contributed by atoms with Crippen LogP contribution in [0.15, 0.2) is 0 Å². The molecule has 1 saturated heterocycles. The number of nitrogens with one attached hydrogen (secondary N) is 1. The summed E-state index contributed by atoms with van der Waals surface area (Å²) in [5.41, 5.74) is 0. The van der Waals surface area contributed by atoms with Crippen molar-refractivity contribution in [2.45, 2.75) is 32.6 Å². The van der Waals surface area contributed by atoms with E-state index >= 15 is 0 Å². The van der Waals surface area contributed by atoms with Crippen molar-refractivity contribution in [2.75, 3.05) is 39.3 Å². The minimum atomic E-state index is 0.336. The number of aliphatic hydroxyl groups is 1. The highest BCUT2D eigenvalue weighted by Crippen LogP contribution is 2.12. The Morgan fingerprint density at radius 1 is 1.40 bits per heavy atom. The molecule has 1 fully saturated rings. The van der Waals surface area contributed by atoms with Gasteiger partial charge in [0.25, 0.3) is 0 Å². The molecule has 1 rings (SSSR count). The Kier molecular flexibility index (Phi) is 6.98. The average Bonchev–Trinajstić information content (AvgIpc) is 2.29. The first-order valence-electron chi connectivity index (χ1n) is 6.40. The fraction of sp³-hybridized carbons (Fsp3) is 1.00. The van der Waals surface area contributed by atoms with Crippen LogP contribution in [0.4, 0.5) is 0 Å². The van der Waals surface area contributed by atoms with Crippen LogP contribution in [0, 0.1) is 5.92 Å². The Balaban J connectivity index is 2.13. The van der Waals surface area contributed by atoms with Gasteiger partial charge in [-0.05, 0) is 57.8 Å². The summed E-state index contributed by atoms with van der Waals surface area (Å²) in [6.45, 7) is 8.48. The van der Waals surface area contributed by atoms with Gasteiger partial charge in [-0.15, -0.1) is 0 Å². The lowest BCUT2D eigenvalue weighted by atomic mass is 9.99. The van der Waals surface area contributed by atoms with Crippen molar-refractivity contribution in [2.24, 2.45) is 5.92 Å². The van der Waals surface area contributed by atoms with Gasteiger partial charge in [0.05, 0.1) is 0 Å². The van der Waals surface area contributed by atoms with Crippen molar-refractivity contribution >= 4 is 0 Å². The lowest BCUT2D eigenvalue weighted by Crippen LogP contribution is -2.38. The Morgan fingerprint density at radius 3 is 2.87 bits per heavy atom. The van der Waals surface area contributed by atoms with Crippen molar-refractivity contribution in [3.63, 3.8) is 0 Å². The number of rotatable bonds is 7. The van der Waals surface area contributed by atoms with Crippen molar-refractivity contribution in [3.8, 4) is 0 Å². The molecule has 1 unspecified atom stereocenters. The second kappa shape index (κ2) is 8.08. The maximum atomic E-state index is 8.74. The van der Waals surface area contributed by atoms with Gasteiger partial charge in [0.15, 0.2) is 0 Å². The molecule has 0 saturated carbocycles. The van der Waals surface area contributed by atoms with E-state index in [2.05, 4.69) is 17.1 Å². The summed E-state index contributed by atoms with van der Waals surface area (Å²) in [5, 5.41) is 12.2. The molecule has 3 nitrogen and oxygen atoms in total. The molecule has 0 aromatic carbocycles. The molecule has 2 N–H and O–H groups in total. The van der Waals surface area contributed by atoms with Crippen molar-refractivity contribution in [1.82, 2.24) is 10.2 Å². The molecule has 1 aliphatic rings. The molecule has 0 radical (unpaired) electrons. The molecular weight excluding hydrogens is 188 g/mol. The number of nitrogens with zero attached hydrogens (tertiary/aromatic N) is 1. The molecule has 0 aromatic rings. The molecule has 1 aliphatic heterocycles. The minimum Gasteiger partial charge on any atom is -0.396 e. The molecule has 0 bridgehead atoms. The van der Waals surface area contributed by atoms with Crippen LogP contribution >= 0.6 is 0 Å². The van der Waals surface area contributed by atoms with Gasteiger partial charge in [-0.3, -0.25) is 0 Å². The third-order valence-electron chi connectivity index (χ3n) is 3.25. The van der Waals surface area contributed by atoms with E-state index in [-0.39, 0.29) is 0 Å². The average molecular weight is 214 g/mol. The van der Waals surface area contributed by atoms with Crippen LogP contribution in [0.5, 0.6) is 0 Å². The first kappa shape index (κ1) is 12.9. The molecule has 90 valence electrons. The normalized spacial score (nSPS) is 22.2. The predicted molar refractivity (Wildman–Crippen MR) is 64.0 cm³/mol. The van der Waals surface area contributed by atoms with E-state index in [0.717, 1.165) is 31.8 Å². The maximum absolute atomic E-state index is 8.74. The molecular formula is C12H26N2O. The van der Waals surface area contributed by atoms with Gasteiger partial charge in [0, 0.05) is 13.2 Å². The van der Waals surface area contributed by atoms with Crippen LogP contribution in [0.2, 0.25) is 0 Å². The van der Waals surface area contributed by atoms with Gasteiger partial charge >= 0.3 is 0 Å². The van der Waals surface area contributed by atoms with Crippen LogP contribution in [-0.4, -0.2) is 49.3 Å². The monoisotopic (exact) mass is 214 g/mol. The molecule has 0 spiro atoms. The fourth-order valence-electron chi connectivity index (χ4n) is 2.27. The van der Waals surface area contributed by atoms with Crippen LogP contribution < -0.4 is 5.32 Å². The fourth-order valence-corrected chi connectivity index (χ4v) is 2.27. The lowest BCUT2D eigenvalue weighted by molar-refractivity contribution is 0.204. The highest BCUT2D eigenvalue weighted by Gasteiger charge is 2.15. The van der Waals surface area contributed by atoms with Crippen molar-refractivity contribution < 1.29 is 5.11 Å². The van der Waals surface area contributed by atoms with E-state index in [1.54, 1.807) is 0 Å².